The number of hydrogen-bond donors (Lipinski definition) is 2. The van der Waals surface area contributed by atoms with Crippen LogP contribution < -0.4 is 25.8 Å². The first-order valence-electron chi connectivity index (χ1n) is 10.8. The highest BCUT2D eigenvalue weighted by molar-refractivity contribution is 5.92. The van der Waals surface area contributed by atoms with Gasteiger partial charge in [-0.3, -0.25) is 4.79 Å². The van der Waals surface area contributed by atoms with E-state index in [0.717, 1.165) is 12.1 Å². The summed E-state index contributed by atoms with van der Waals surface area (Å²) >= 11 is 0. The third kappa shape index (κ3) is 4.74. The lowest BCUT2D eigenvalue weighted by molar-refractivity contribution is -0.131. The van der Waals surface area contributed by atoms with E-state index >= 15 is 4.39 Å². The zero-order valence-corrected chi connectivity index (χ0v) is 19.2. The Morgan fingerprint density at radius 3 is 2.43 bits per heavy atom. The normalized spacial score (nSPS) is 14.8. The summed E-state index contributed by atoms with van der Waals surface area (Å²) in [5.74, 6) is -2.10. The van der Waals surface area contributed by atoms with Gasteiger partial charge in [0, 0.05) is 55.7 Å². The van der Waals surface area contributed by atoms with Gasteiger partial charge in [-0.15, -0.1) is 0 Å². The third-order valence-corrected chi connectivity index (χ3v) is 5.97. The molecule has 0 bridgehead atoms. The van der Waals surface area contributed by atoms with E-state index in [1.165, 1.54) is 26.4 Å². The minimum Gasteiger partial charge on any atom is -0.493 e. The molecule has 12 heteroatoms. The maximum Gasteiger partial charge on any atom is 0.228 e. The average molecular weight is 490 g/mol. The highest BCUT2D eigenvalue weighted by Crippen LogP contribution is 2.37. The van der Waals surface area contributed by atoms with E-state index in [9.17, 15) is 13.6 Å². The number of amides is 1. The molecule has 9 nitrogen and oxygen atoms in total. The SMILES string of the molecule is COc1cc2c(N)nc(N3CCN(C(=O)C[C@@H](N)c4ccc(F)cc4F)CC3)nc2c(F)c1OC. The Balaban J connectivity index is 1.46. The second-order valence-corrected chi connectivity index (χ2v) is 8.08. The van der Waals surface area contributed by atoms with Gasteiger partial charge in [0.2, 0.25) is 11.9 Å². The molecule has 1 fully saturated rings. The zero-order valence-electron chi connectivity index (χ0n) is 19.2. The van der Waals surface area contributed by atoms with Crippen LogP contribution in [0.3, 0.4) is 0 Å². The lowest BCUT2D eigenvalue weighted by Gasteiger charge is -2.35. The molecule has 35 heavy (non-hydrogen) atoms. The van der Waals surface area contributed by atoms with E-state index in [-0.39, 0.29) is 46.7 Å². The molecular formula is C23H25F3N6O3. The molecule has 0 radical (unpaired) electrons. The Labute approximate surface area is 199 Å². The summed E-state index contributed by atoms with van der Waals surface area (Å²) in [4.78, 5) is 24.7. The summed E-state index contributed by atoms with van der Waals surface area (Å²) in [7, 11) is 2.71. The van der Waals surface area contributed by atoms with Crippen molar-refractivity contribution < 1.29 is 27.4 Å². The van der Waals surface area contributed by atoms with Crippen molar-refractivity contribution in [3.63, 3.8) is 0 Å². The van der Waals surface area contributed by atoms with Crippen molar-refractivity contribution in [1.82, 2.24) is 14.9 Å². The fourth-order valence-corrected chi connectivity index (χ4v) is 4.06. The number of nitrogens with two attached hydrogens (primary N) is 2. The Morgan fingerprint density at radius 1 is 1.09 bits per heavy atom. The minimum atomic E-state index is -0.903. The van der Waals surface area contributed by atoms with Gasteiger partial charge in [0.25, 0.3) is 0 Å². The molecule has 186 valence electrons. The van der Waals surface area contributed by atoms with Gasteiger partial charge in [-0.25, -0.2) is 18.2 Å². The number of ether oxygens (including phenoxy) is 2. The maximum atomic E-state index is 15.0. The van der Waals surface area contributed by atoms with Gasteiger partial charge in [0.1, 0.15) is 23.0 Å². The van der Waals surface area contributed by atoms with E-state index < -0.39 is 23.5 Å². The van der Waals surface area contributed by atoms with Crippen LogP contribution in [0.15, 0.2) is 24.3 Å². The predicted octanol–water partition coefficient (Wildman–Crippen LogP) is 2.39. The maximum absolute atomic E-state index is 15.0. The summed E-state index contributed by atoms with van der Waals surface area (Å²) in [6, 6.07) is 3.69. The summed E-state index contributed by atoms with van der Waals surface area (Å²) in [5.41, 5.74) is 12.1. The first kappa shape index (κ1) is 24.3. The first-order chi connectivity index (χ1) is 16.7. The van der Waals surface area contributed by atoms with Crippen LogP contribution in [0.5, 0.6) is 11.5 Å². The van der Waals surface area contributed by atoms with Gasteiger partial charge in [0.05, 0.1) is 14.2 Å². The fraction of sp³-hybridized carbons (Fsp3) is 0.348. The number of nitrogens with zero attached hydrogens (tertiary/aromatic N) is 4. The number of halogens is 3. The van der Waals surface area contributed by atoms with Crippen LogP contribution in [-0.2, 0) is 4.79 Å². The molecule has 0 spiro atoms. The van der Waals surface area contributed by atoms with E-state index in [4.69, 9.17) is 20.9 Å². The molecule has 0 unspecified atom stereocenters. The van der Waals surface area contributed by atoms with E-state index in [2.05, 4.69) is 9.97 Å². The van der Waals surface area contributed by atoms with Crippen LogP contribution in [0.4, 0.5) is 24.9 Å². The Bertz CT molecular complexity index is 1270. The summed E-state index contributed by atoms with van der Waals surface area (Å²) < 4.78 is 52.4. The zero-order chi connectivity index (χ0) is 25.3. The Kier molecular flexibility index (Phi) is 6.83. The molecule has 0 aliphatic carbocycles. The highest BCUT2D eigenvalue weighted by Gasteiger charge is 2.27. The van der Waals surface area contributed by atoms with Crippen molar-refractivity contribution in [2.24, 2.45) is 5.73 Å². The lowest BCUT2D eigenvalue weighted by atomic mass is 10.0. The number of benzene rings is 2. The van der Waals surface area contributed by atoms with Gasteiger partial charge in [0.15, 0.2) is 17.3 Å². The van der Waals surface area contributed by atoms with Gasteiger partial charge < -0.3 is 30.7 Å². The minimum absolute atomic E-state index is 0.00375. The Morgan fingerprint density at radius 2 is 1.80 bits per heavy atom. The molecule has 0 saturated carbocycles. The predicted molar refractivity (Wildman–Crippen MR) is 124 cm³/mol. The quantitative estimate of drug-likeness (QED) is 0.541. The first-order valence-corrected chi connectivity index (χ1v) is 10.8. The highest BCUT2D eigenvalue weighted by atomic mass is 19.1. The number of anilines is 2. The summed E-state index contributed by atoms with van der Waals surface area (Å²) in [6.07, 6.45) is -0.130. The van der Waals surface area contributed by atoms with Crippen molar-refractivity contribution >= 4 is 28.6 Å². The van der Waals surface area contributed by atoms with Crippen LogP contribution in [-0.4, -0.2) is 61.2 Å². The van der Waals surface area contributed by atoms with Gasteiger partial charge in [-0.05, 0) is 12.1 Å². The number of hydrogen-bond acceptors (Lipinski definition) is 8. The van der Waals surface area contributed by atoms with Gasteiger partial charge in [-0.2, -0.15) is 4.98 Å². The molecule has 2 aromatic carbocycles. The molecule has 1 amide bonds. The number of rotatable bonds is 6. The molecule has 1 atom stereocenters. The van der Waals surface area contributed by atoms with Crippen molar-refractivity contribution in [3.8, 4) is 11.5 Å². The molecule has 4 rings (SSSR count). The van der Waals surface area contributed by atoms with E-state index in [1.54, 1.807) is 9.80 Å². The fourth-order valence-electron chi connectivity index (χ4n) is 4.06. The number of aromatic nitrogens is 2. The largest absolute Gasteiger partial charge is 0.493 e. The van der Waals surface area contributed by atoms with Gasteiger partial charge in [-0.1, -0.05) is 6.07 Å². The van der Waals surface area contributed by atoms with Crippen molar-refractivity contribution in [2.45, 2.75) is 12.5 Å². The van der Waals surface area contributed by atoms with Crippen molar-refractivity contribution in [1.29, 1.82) is 0 Å². The van der Waals surface area contributed by atoms with Crippen LogP contribution in [0.2, 0.25) is 0 Å². The van der Waals surface area contributed by atoms with Crippen LogP contribution >= 0.6 is 0 Å². The molecule has 3 aromatic rings. The number of methoxy groups -OCH3 is 2. The second kappa shape index (κ2) is 9.82. The van der Waals surface area contributed by atoms with E-state index in [0.29, 0.717) is 31.6 Å². The standard InChI is InChI=1S/C23H25F3N6O3/c1-34-17-10-14-20(19(26)21(17)35-2)29-23(30-22(14)28)32-7-5-31(6-8-32)18(33)11-16(27)13-4-3-12(24)9-15(13)25/h3-4,9-10,16H,5-8,11,27H2,1-2H3,(H2,28,29,30)/t16-/m1/s1. The smallest absolute Gasteiger partial charge is 0.228 e. The number of carbonyl (C=O) groups excluding carboxylic acids is 1. The number of carbonyl (C=O) groups is 1. The lowest BCUT2D eigenvalue weighted by Crippen LogP contribution is -2.49. The molecule has 1 aliphatic rings. The van der Waals surface area contributed by atoms with E-state index in [1.807, 2.05) is 0 Å². The van der Waals surface area contributed by atoms with Crippen LogP contribution in [0.25, 0.3) is 10.9 Å². The molecule has 1 aliphatic heterocycles. The third-order valence-electron chi connectivity index (χ3n) is 5.97. The number of fused-ring (bicyclic) bond motifs is 1. The van der Waals surface area contributed by atoms with Crippen molar-refractivity contribution in [2.75, 3.05) is 51.0 Å². The topological polar surface area (TPSA) is 120 Å². The summed E-state index contributed by atoms with van der Waals surface area (Å²) in [5, 5.41) is 0.291. The molecule has 4 N–H and O–H groups in total. The van der Waals surface area contributed by atoms with Gasteiger partial charge >= 0.3 is 0 Å². The van der Waals surface area contributed by atoms with Crippen LogP contribution in [0.1, 0.15) is 18.0 Å². The second-order valence-electron chi connectivity index (χ2n) is 8.08. The number of nitrogen functional groups attached to an aromatic ring is 1. The van der Waals surface area contributed by atoms with Crippen molar-refractivity contribution in [3.05, 3.63) is 47.3 Å². The van der Waals surface area contributed by atoms with Crippen LogP contribution in [0, 0.1) is 17.5 Å². The molecule has 1 aromatic heterocycles. The monoisotopic (exact) mass is 490 g/mol. The summed E-state index contributed by atoms with van der Waals surface area (Å²) in [6.45, 7) is 1.39. The molecule has 1 saturated heterocycles. The molecule has 2 heterocycles. The number of piperazine rings is 1. The molecular weight excluding hydrogens is 465 g/mol. The average Bonchev–Trinajstić information content (AvgIpc) is 2.84. The Hall–Kier alpha value is -3.80.